The number of hydrogen-bond donors (Lipinski definition) is 1. The molecule has 0 saturated heterocycles. The summed E-state index contributed by atoms with van der Waals surface area (Å²) in [5, 5.41) is 14.9. The smallest absolute Gasteiger partial charge is 0.341 e. The molecule has 3 aromatic heterocycles. The van der Waals surface area contributed by atoms with Crippen LogP contribution in [0.15, 0.2) is 22.7 Å². The zero-order valence-corrected chi connectivity index (χ0v) is 21.5. The second kappa shape index (κ2) is 10.6. The number of carbonyl (C=O) groups excluding carboxylic acids is 2. The summed E-state index contributed by atoms with van der Waals surface area (Å²) in [6.45, 7) is 12.4. The van der Waals surface area contributed by atoms with Gasteiger partial charge in [0, 0.05) is 26.7 Å². The highest BCUT2D eigenvalue weighted by Crippen LogP contribution is 2.33. The monoisotopic (exact) mass is 492 g/mol. The van der Waals surface area contributed by atoms with Crippen molar-refractivity contribution >= 4 is 51.3 Å². The number of carbonyl (C=O) groups is 2. The van der Waals surface area contributed by atoms with Gasteiger partial charge < -0.3 is 10.1 Å². The first-order valence-corrected chi connectivity index (χ1v) is 13.1. The van der Waals surface area contributed by atoms with Gasteiger partial charge in [-0.1, -0.05) is 25.6 Å². The van der Waals surface area contributed by atoms with E-state index >= 15 is 0 Å². The number of esters is 1. The Bertz CT molecular complexity index is 1100. The normalized spacial score (nSPS) is 11.4. The van der Waals surface area contributed by atoms with E-state index < -0.39 is 5.97 Å². The summed E-state index contributed by atoms with van der Waals surface area (Å²) in [5.41, 5.74) is 1.43. The molecule has 1 amide bonds. The van der Waals surface area contributed by atoms with Crippen LogP contribution in [0, 0.1) is 6.92 Å². The summed E-state index contributed by atoms with van der Waals surface area (Å²) in [7, 11) is 0. The van der Waals surface area contributed by atoms with Crippen molar-refractivity contribution in [3.63, 3.8) is 0 Å². The number of thioether (sulfide) groups is 1. The summed E-state index contributed by atoms with van der Waals surface area (Å²) in [4.78, 5) is 27.0. The molecule has 0 aliphatic carbocycles. The molecule has 3 rings (SSSR count). The number of hydrogen-bond acceptors (Lipinski definition) is 8. The predicted octanol–water partition coefficient (Wildman–Crippen LogP) is 5.99. The van der Waals surface area contributed by atoms with Crippen molar-refractivity contribution in [2.45, 2.75) is 58.7 Å². The summed E-state index contributed by atoms with van der Waals surface area (Å²) in [6, 6.07) is 4.04. The highest BCUT2D eigenvalue weighted by atomic mass is 32.2. The van der Waals surface area contributed by atoms with Crippen molar-refractivity contribution in [1.29, 1.82) is 0 Å². The molecule has 0 aliphatic heterocycles. The predicted molar refractivity (Wildman–Crippen MR) is 132 cm³/mol. The Morgan fingerprint density at radius 1 is 1.22 bits per heavy atom. The topological polar surface area (TPSA) is 86.1 Å². The number of anilines is 1. The van der Waals surface area contributed by atoms with Crippen molar-refractivity contribution < 1.29 is 14.3 Å². The van der Waals surface area contributed by atoms with Gasteiger partial charge in [0.25, 0.3) is 0 Å². The largest absolute Gasteiger partial charge is 0.462 e. The van der Waals surface area contributed by atoms with E-state index in [1.54, 1.807) is 24.3 Å². The second-order valence-corrected chi connectivity index (χ2v) is 11.0. The molecule has 0 bridgehead atoms. The molecule has 3 aromatic rings. The molecule has 0 radical (unpaired) electrons. The number of ether oxygens (including phenoxy) is 1. The van der Waals surface area contributed by atoms with Gasteiger partial charge in [-0.3, -0.25) is 9.36 Å². The summed E-state index contributed by atoms with van der Waals surface area (Å²) in [5.74, 6) is 0.789. The molecule has 1 N–H and O–H groups in total. The third-order valence-electron chi connectivity index (χ3n) is 4.56. The molecular formula is C22H28N4O3S3. The van der Waals surface area contributed by atoms with Crippen molar-refractivity contribution in [3.05, 3.63) is 32.8 Å². The minimum atomic E-state index is -0.430. The van der Waals surface area contributed by atoms with Crippen LogP contribution in [0.4, 0.5) is 5.00 Å². The van der Waals surface area contributed by atoms with Gasteiger partial charge in [-0.05, 0) is 45.7 Å². The number of aromatic nitrogens is 3. The second-order valence-electron chi connectivity index (χ2n) is 7.82. The minimum absolute atomic E-state index is 0.142. The Morgan fingerprint density at radius 2 is 1.97 bits per heavy atom. The fourth-order valence-corrected chi connectivity index (χ4v) is 5.76. The molecule has 3 heterocycles. The van der Waals surface area contributed by atoms with Gasteiger partial charge in [-0.25, -0.2) is 4.79 Å². The third kappa shape index (κ3) is 5.60. The van der Waals surface area contributed by atoms with E-state index in [1.807, 2.05) is 6.92 Å². The van der Waals surface area contributed by atoms with Crippen LogP contribution in [0.2, 0.25) is 0 Å². The number of nitrogens with one attached hydrogen (secondary N) is 1. The van der Waals surface area contributed by atoms with E-state index in [2.05, 4.69) is 59.2 Å². The third-order valence-corrected chi connectivity index (χ3v) is 7.71. The van der Waals surface area contributed by atoms with E-state index in [0.29, 0.717) is 21.6 Å². The molecule has 172 valence electrons. The maximum atomic E-state index is 12.6. The SMILES string of the molecule is CCOC(=O)c1cc(C)sc1NC(=O)CSc1nnc(-c2csc(C(C)C)c2)n1C(C)C. The average Bonchev–Trinajstić information content (AvgIpc) is 3.44. The van der Waals surface area contributed by atoms with Crippen LogP contribution in [-0.2, 0) is 9.53 Å². The van der Waals surface area contributed by atoms with Crippen LogP contribution in [0.3, 0.4) is 0 Å². The fourth-order valence-electron chi connectivity index (χ4n) is 3.07. The first kappa shape index (κ1) is 24.5. The Balaban J connectivity index is 1.73. The molecule has 0 aliphatic rings. The molecule has 32 heavy (non-hydrogen) atoms. The lowest BCUT2D eigenvalue weighted by molar-refractivity contribution is -0.113. The van der Waals surface area contributed by atoms with Gasteiger partial charge >= 0.3 is 5.97 Å². The molecular weight excluding hydrogens is 464 g/mol. The lowest BCUT2D eigenvalue weighted by atomic mass is 10.1. The van der Waals surface area contributed by atoms with Crippen molar-refractivity contribution in [2.75, 3.05) is 17.7 Å². The van der Waals surface area contributed by atoms with Crippen LogP contribution in [0.5, 0.6) is 0 Å². The van der Waals surface area contributed by atoms with E-state index in [9.17, 15) is 9.59 Å². The van der Waals surface area contributed by atoms with E-state index in [0.717, 1.165) is 16.3 Å². The van der Waals surface area contributed by atoms with Crippen LogP contribution in [0.1, 0.15) is 66.7 Å². The molecule has 0 saturated carbocycles. The number of amides is 1. The van der Waals surface area contributed by atoms with Crippen molar-refractivity contribution in [1.82, 2.24) is 14.8 Å². The minimum Gasteiger partial charge on any atom is -0.462 e. The van der Waals surface area contributed by atoms with Crippen molar-refractivity contribution in [3.8, 4) is 11.4 Å². The maximum Gasteiger partial charge on any atom is 0.341 e. The number of nitrogens with zero attached hydrogens (tertiary/aromatic N) is 3. The summed E-state index contributed by atoms with van der Waals surface area (Å²) in [6.07, 6.45) is 0. The van der Waals surface area contributed by atoms with Gasteiger partial charge in [0.1, 0.15) is 5.00 Å². The van der Waals surface area contributed by atoms with Crippen molar-refractivity contribution in [2.24, 2.45) is 0 Å². The molecule has 0 aromatic carbocycles. The van der Waals surface area contributed by atoms with Crippen LogP contribution >= 0.6 is 34.4 Å². The van der Waals surface area contributed by atoms with E-state index in [-0.39, 0.29) is 24.3 Å². The first-order valence-electron chi connectivity index (χ1n) is 10.4. The average molecular weight is 493 g/mol. The Kier molecular flexibility index (Phi) is 8.13. The van der Waals surface area contributed by atoms with Gasteiger partial charge in [0.2, 0.25) is 5.91 Å². The molecule has 0 fully saturated rings. The maximum absolute atomic E-state index is 12.6. The standard InChI is InChI=1S/C22H28N4O3S3/c1-7-29-21(28)16-8-14(6)32-20(16)23-18(27)11-31-22-25-24-19(26(22)13(4)5)15-9-17(12(2)3)30-10-15/h8-10,12-13H,7,11H2,1-6H3,(H,23,27). The molecule has 10 heteroatoms. The quantitative estimate of drug-likeness (QED) is 0.292. The number of rotatable bonds is 9. The summed E-state index contributed by atoms with van der Waals surface area (Å²) < 4.78 is 7.15. The van der Waals surface area contributed by atoms with Gasteiger partial charge in [-0.15, -0.1) is 32.9 Å². The Labute approximate surface area is 200 Å². The Hall–Kier alpha value is -2.17. The zero-order valence-electron chi connectivity index (χ0n) is 19.1. The van der Waals surface area contributed by atoms with Gasteiger partial charge in [-0.2, -0.15) is 0 Å². The lowest BCUT2D eigenvalue weighted by Gasteiger charge is -2.13. The molecule has 0 atom stereocenters. The number of thiophene rings is 2. The zero-order chi connectivity index (χ0) is 23.4. The van der Waals surface area contributed by atoms with Crippen LogP contribution in [-0.4, -0.2) is 39.0 Å². The van der Waals surface area contributed by atoms with Gasteiger partial charge in [0.15, 0.2) is 11.0 Å². The molecule has 0 spiro atoms. The highest BCUT2D eigenvalue weighted by molar-refractivity contribution is 7.99. The highest BCUT2D eigenvalue weighted by Gasteiger charge is 2.21. The number of aryl methyl sites for hydroxylation is 1. The fraction of sp³-hybridized carbons (Fsp3) is 0.455. The van der Waals surface area contributed by atoms with Gasteiger partial charge in [0.05, 0.1) is 17.9 Å². The van der Waals surface area contributed by atoms with Crippen LogP contribution in [0.25, 0.3) is 11.4 Å². The Morgan fingerprint density at radius 3 is 2.59 bits per heavy atom. The molecule has 0 unspecified atom stereocenters. The lowest BCUT2D eigenvalue weighted by Crippen LogP contribution is -2.16. The first-order chi connectivity index (χ1) is 15.2. The van der Waals surface area contributed by atoms with E-state index in [1.165, 1.54) is 28.0 Å². The van der Waals surface area contributed by atoms with E-state index in [4.69, 9.17) is 4.74 Å². The van der Waals surface area contributed by atoms with Crippen LogP contribution < -0.4 is 5.32 Å². The summed E-state index contributed by atoms with van der Waals surface area (Å²) >= 11 is 4.41. The molecule has 7 nitrogen and oxygen atoms in total.